The number of ether oxygens (including phenoxy) is 1. The predicted molar refractivity (Wildman–Crippen MR) is 131 cm³/mol. The summed E-state index contributed by atoms with van der Waals surface area (Å²) in [6.07, 6.45) is 5.18. The van der Waals surface area contributed by atoms with Crippen molar-refractivity contribution in [3.63, 3.8) is 0 Å². The first-order valence-electron chi connectivity index (χ1n) is 11.3. The zero-order valence-corrected chi connectivity index (χ0v) is 20.2. The normalized spacial score (nSPS) is 14.1. The summed E-state index contributed by atoms with van der Waals surface area (Å²) < 4.78 is 5.80. The summed E-state index contributed by atoms with van der Waals surface area (Å²) in [5.41, 5.74) is 1.96. The van der Waals surface area contributed by atoms with Gasteiger partial charge in [-0.05, 0) is 56.1 Å². The van der Waals surface area contributed by atoms with Gasteiger partial charge in [0, 0.05) is 36.2 Å². The van der Waals surface area contributed by atoms with Gasteiger partial charge in [-0.15, -0.1) is 0 Å². The van der Waals surface area contributed by atoms with E-state index >= 15 is 0 Å². The van der Waals surface area contributed by atoms with E-state index in [0.29, 0.717) is 29.0 Å². The monoisotopic (exact) mass is 466 g/mol. The van der Waals surface area contributed by atoms with Gasteiger partial charge in [0.25, 0.3) is 0 Å². The number of anilines is 3. The van der Waals surface area contributed by atoms with Crippen LogP contribution in [0, 0.1) is 6.92 Å². The van der Waals surface area contributed by atoms with Crippen LogP contribution in [-0.2, 0) is 11.2 Å². The highest BCUT2D eigenvalue weighted by Gasteiger charge is 2.22. The summed E-state index contributed by atoms with van der Waals surface area (Å²) in [6, 6.07) is 9.90. The van der Waals surface area contributed by atoms with Crippen LogP contribution in [0.5, 0.6) is 5.75 Å². The van der Waals surface area contributed by atoms with Crippen molar-refractivity contribution in [1.29, 1.82) is 0 Å². The molecule has 8 nitrogen and oxygen atoms in total. The van der Waals surface area contributed by atoms with Gasteiger partial charge in [-0.1, -0.05) is 25.0 Å². The molecule has 0 unspecified atom stereocenters. The summed E-state index contributed by atoms with van der Waals surface area (Å²) in [6.45, 7) is 5.44. The van der Waals surface area contributed by atoms with Crippen LogP contribution in [-0.4, -0.2) is 46.1 Å². The Bertz CT molecular complexity index is 1090. The van der Waals surface area contributed by atoms with E-state index in [9.17, 15) is 4.79 Å². The van der Waals surface area contributed by atoms with Gasteiger partial charge in [0.2, 0.25) is 5.75 Å². The van der Waals surface area contributed by atoms with Crippen LogP contribution < -0.4 is 15.0 Å². The second-order valence-corrected chi connectivity index (χ2v) is 9.34. The van der Waals surface area contributed by atoms with Gasteiger partial charge in [-0.25, -0.2) is 9.97 Å². The number of ketones is 1. The van der Waals surface area contributed by atoms with Crippen molar-refractivity contribution < 1.29 is 9.53 Å². The number of benzene rings is 1. The Morgan fingerprint density at radius 3 is 2.48 bits per heavy atom. The lowest BCUT2D eigenvalue weighted by Gasteiger charge is -2.25. The molecule has 0 amide bonds. The molecule has 0 bridgehead atoms. The third kappa shape index (κ3) is 6.04. The number of aryl methyl sites for hydroxylation is 1. The molecule has 4 rings (SSSR count). The lowest BCUT2D eigenvalue weighted by Crippen LogP contribution is -2.26. The van der Waals surface area contributed by atoms with Crippen molar-refractivity contribution >= 4 is 35.0 Å². The van der Waals surface area contributed by atoms with Gasteiger partial charge in [-0.3, -0.25) is 9.89 Å². The molecule has 0 spiro atoms. The highest BCUT2D eigenvalue weighted by atomic mass is 32.2. The van der Waals surface area contributed by atoms with E-state index in [1.807, 2.05) is 37.3 Å². The first-order chi connectivity index (χ1) is 16.0. The lowest BCUT2D eigenvalue weighted by atomic mass is 10.1. The van der Waals surface area contributed by atoms with Crippen molar-refractivity contribution in [1.82, 2.24) is 20.2 Å². The Morgan fingerprint density at radius 1 is 1.15 bits per heavy atom. The summed E-state index contributed by atoms with van der Waals surface area (Å²) in [5, 5.41) is 11.2. The number of hydrogen-bond donors (Lipinski definition) is 2. The maximum absolute atomic E-state index is 11.4. The van der Waals surface area contributed by atoms with E-state index < -0.39 is 0 Å². The minimum Gasteiger partial charge on any atom is -0.490 e. The maximum atomic E-state index is 11.4. The van der Waals surface area contributed by atoms with Crippen LogP contribution >= 0.6 is 11.8 Å². The number of aromatic amines is 1. The Balaban J connectivity index is 1.68. The molecule has 0 radical (unpaired) electrons. The molecule has 1 saturated heterocycles. The van der Waals surface area contributed by atoms with E-state index in [-0.39, 0.29) is 5.78 Å². The molecular weight excluding hydrogens is 436 g/mol. The molecule has 33 heavy (non-hydrogen) atoms. The smallest absolute Gasteiger partial charge is 0.204 e. The second kappa shape index (κ2) is 10.7. The SMILES string of the molecule is COc1c(Nc2cc(C)[nH]n2)nc(Sc2ccc(CC(C)=O)cc2)nc1N1CCCCCC1. The first kappa shape index (κ1) is 23.1. The number of aromatic nitrogens is 4. The Kier molecular flexibility index (Phi) is 7.49. The molecule has 174 valence electrons. The molecule has 1 aliphatic rings. The fourth-order valence-electron chi connectivity index (χ4n) is 3.91. The first-order valence-corrected chi connectivity index (χ1v) is 12.1. The van der Waals surface area contributed by atoms with Crippen molar-refractivity contribution in [2.75, 3.05) is 30.4 Å². The molecule has 1 aliphatic heterocycles. The number of carbonyl (C=O) groups is 1. The van der Waals surface area contributed by atoms with Crippen molar-refractivity contribution in [2.45, 2.75) is 56.0 Å². The Hall–Kier alpha value is -3.07. The number of nitrogens with zero attached hydrogens (tertiary/aromatic N) is 4. The van der Waals surface area contributed by atoms with E-state index in [1.54, 1.807) is 14.0 Å². The van der Waals surface area contributed by atoms with Crippen LogP contribution in [0.1, 0.15) is 43.9 Å². The summed E-state index contributed by atoms with van der Waals surface area (Å²) in [7, 11) is 1.65. The quantitative estimate of drug-likeness (QED) is 0.452. The van der Waals surface area contributed by atoms with Crippen molar-refractivity contribution in [3.05, 3.63) is 41.6 Å². The molecule has 3 heterocycles. The summed E-state index contributed by atoms with van der Waals surface area (Å²) in [4.78, 5) is 24.4. The van der Waals surface area contributed by atoms with Gasteiger partial charge in [-0.2, -0.15) is 5.10 Å². The highest BCUT2D eigenvalue weighted by Crippen LogP contribution is 2.38. The van der Waals surface area contributed by atoms with Gasteiger partial charge in [0.05, 0.1) is 7.11 Å². The highest BCUT2D eigenvalue weighted by molar-refractivity contribution is 7.99. The third-order valence-electron chi connectivity index (χ3n) is 5.47. The number of rotatable bonds is 8. The van der Waals surface area contributed by atoms with Gasteiger partial charge in [0.1, 0.15) is 5.78 Å². The van der Waals surface area contributed by atoms with Crippen LogP contribution in [0.2, 0.25) is 0 Å². The van der Waals surface area contributed by atoms with Crippen molar-refractivity contribution in [3.8, 4) is 5.75 Å². The number of nitrogens with one attached hydrogen (secondary N) is 2. The van der Waals surface area contributed by atoms with E-state index in [0.717, 1.165) is 47.9 Å². The Labute approximate surface area is 198 Å². The zero-order chi connectivity index (χ0) is 23.2. The molecule has 0 aliphatic carbocycles. The summed E-state index contributed by atoms with van der Waals surface area (Å²) >= 11 is 1.49. The van der Waals surface area contributed by atoms with Gasteiger partial charge < -0.3 is 15.0 Å². The average molecular weight is 467 g/mol. The van der Waals surface area contributed by atoms with Gasteiger partial charge >= 0.3 is 0 Å². The molecule has 2 N–H and O–H groups in total. The average Bonchev–Trinajstić information content (AvgIpc) is 3.02. The van der Waals surface area contributed by atoms with Gasteiger partial charge in [0.15, 0.2) is 22.6 Å². The third-order valence-corrected chi connectivity index (χ3v) is 6.35. The Morgan fingerprint density at radius 2 is 1.88 bits per heavy atom. The largest absolute Gasteiger partial charge is 0.490 e. The molecule has 3 aromatic rings. The fourth-order valence-corrected chi connectivity index (χ4v) is 4.66. The number of Topliss-reactive ketones (excluding diaryl/α,β-unsaturated/α-hetero) is 1. The number of methoxy groups -OCH3 is 1. The standard InChI is InChI=1S/C24H30N6O2S/c1-16-14-20(29-28-16)25-22-21(32-3)23(30-12-6-4-5-7-13-30)27-24(26-22)33-19-10-8-18(9-11-19)15-17(2)31/h8-11,14H,4-7,12-13,15H2,1-3H3,(H2,25,26,27,28,29). The second-order valence-electron chi connectivity index (χ2n) is 8.30. The van der Waals surface area contributed by atoms with E-state index in [1.165, 1.54) is 24.6 Å². The molecule has 1 aromatic carbocycles. The van der Waals surface area contributed by atoms with Crippen LogP contribution in [0.4, 0.5) is 17.5 Å². The predicted octanol–water partition coefficient (Wildman–Crippen LogP) is 4.92. The van der Waals surface area contributed by atoms with E-state index in [2.05, 4.69) is 20.4 Å². The number of H-pyrrole nitrogens is 1. The lowest BCUT2D eigenvalue weighted by molar-refractivity contribution is -0.116. The number of hydrogen-bond acceptors (Lipinski definition) is 8. The molecule has 1 fully saturated rings. The minimum atomic E-state index is 0.153. The molecule has 9 heteroatoms. The fraction of sp³-hybridized carbons (Fsp3) is 0.417. The molecular formula is C24H30N6O2S. The minimum absolute atomic E-state index is 0.153. The molecule has 0 atom stereocenters. The summed E-state index contributed by atoms with van der Waals surface area (Å²) in [5.74, 6) is 2.85. The van der Waals surface area contributed by atoms with Crippen LogP contribution in [0.3, 0.4) is 0 Å². The topological polar surface area (TPSA) is 96.0 Å². The van der Waals surface area contributed by atoms with Crippen LogP contribution in [0.15, 0.2) is 40.4 Å². The molecule has 2 aromatic heterocycles. The maximum Gasteiger partial charge on any atom is 0.204 e. The zero-order valence-electron chi connectivity index (χ0n) is 19.4. The molecule has 0 saturated carbocycles. The number of carbonyl (C=O) groups excluding carboxylic acids is 1. The van der Waals surface area contributed by atoms with E-state index in [4.69, 9.17) is 14.7 Å². The van der Waals surface area contributed by atoms with Crippen LogP contribution in [0.25, 0.3) is 0 Å². The van der Waals surface area contributed by atoms with Crippen molar-refractivity contribution in [2.24, 2.45) is 0 Å².